The fraction of sp³-hybridized carbons (Fsp3) is 0.294. The van der Waals surface area contributed by atoms with E-state index in [1.807, 2.05) is 6.92 Å². The van der Waals surface area contributed by atoms with Crippen molar-refractivity contribution < 1.29 is 22.0 Å². The number of benzene rings is 2. The molecule has 1 radical (unpaired) electrons. The molecule has 0 heterocycles. The largest absolute Gasteiger partial charge is 0.458 e. The summed E-state index contributed by atoms with van der Waals surface area (Å²) >= 11 is 6.04. The van der Waals surface area contributed by atoms with E-state index in [4.69, 9.17) is 11.6 Å². The van der Waals surface area contributed by atoms with Crippen molar-refractivity contribution in [3.63, 3.8) is 0 Å². The normalized spacial score (nSPS) is 12.5. The van der Waals surface area contributed by atoms with E-state index in [2.05, 4.69) is 6.07 Å². The summed E-state index contributed by atoms with van der Waals surface area (Å²) < 4.78 is 64.9. The molecule has 0 aromatic heterocycles. The smallest absolute Gasteiger partial charge is 0.191 e. The molecule has 23 heavy (non-hydrogen) atoms. The summed E-state index contributed by atoms with van der Waals surface area (Å²) in [7, 11) is 0. The van der Waals surface area contributed by atoms with Crippen molar-refractivity contribution in [1.82, 2.24) is 0 Å². The maximum absolute atomic E-state index is 13.6. The van der Waals surface area contributed by atoms with Crippen LogP contribution in [0.15, 0.2) is 30.3 Å². The summed E-state index contributed by atoms with van der Waals surface area (Å²) in [6.45, 7) is 3.61. The highest BCUT2D eigenvalue weighted by molar-refractivity contribution is 6.33. The fourth-order valence-electron chi connectivity index (χ4n) is 2.26. The van der Waals surface area contributed by atoms with Crippen molar-refractivity contribution in [2.75, 3.05) is 0 Å². The van der Waals surface area contributed by atoms with Gasteiger partial charge < -0.3 is 0 Å². The molecule has 0 spiro atoms. The summed E-state index contributed by atoms with van der Waals surface area (Å²) in [5.41, 5.74) is 1.07. The maximum Gasteiger partial charge on any atom is 0.458 e. The molecule has 0 saturated carbocycles. The Labute approximate surface area is 135 Å². The van der Waals surface area contributed by atoms with Crippen molar-refractivity contribution in [1.29, 1.82) is 0 Å². The monoisotopic (exact) mass is 347 g/mol. The van der Waals surface area contributed by atoms with Crippen LogP contribution in [0, 0.1) is 13.0 Å². The van der Waals surface area contributed by atoms with Crippen molar-refractivity contribution in [2.24, 2.45) is 0 Å². The van der Waals surface area contributed by atoms with E-state index >= 15 is 0 Å². The average Bonchev–Trinajstić information content (AvgIpc) is 2.46. The molecule has 2 rings (SSSR count). The van der Waals surface area contributed by atoms with Crippen LogP contribution in [-0.4, -0.2) is 6.18 Å². The van der Waals surface area contributed by atoms with Gasteiger partial charge in [0.15, 0.2) is 0 Å². The Morgan fingerprint density at radius 3 is 2.26 bits per heavy atom. The fourth-order valence-corrected chi connectivity index (χ4v) is 2.48. The lowest BCUT2D eigenvalue weighted by molar-refractivity contribution is -0.289. The van der Waals surface area contributed by atoms with Gasteiger partial charge >= 0.3 is 12.1 Å². The lowest BCUT2D eigenvalue weighted by atomic mass is 9.93. The van der Waals surface area contributed by atoms with Crippen molar-refractivity contribution in [3.05, 3.63) is 58.1 Å². The first-order chi connectivity index (χ1) is 10.6. The Morgan fingerprint density at radius 2 is 1.70 bits per heavy atom. The van der Waals surface area contributed by atoms with Crippen molar-refractivity contribution >= 4 is 11.6 Å². The molecule has 0 atom stereocenters. The lowest BCUT2D eigenvalue weighted by Gasteiger charge is -2.21. The van der Waals surface area contributed by atoms with Crippen LogP contribution in [0.4, 0.5) is 22.0 Å². The molecule has 0 aliphatic carbocycles. The minimum Gasteiger partial charge on any atom is -0.191 e. The summed E-state index contributed by atoms with van der Waals surface area (Å²) in [6.07, 6.45) is -5.09. The van der Waals surface area contributed by atoms with Crippen LogP contribution in [0.3, 0.4) is 0 Å². The van der Waals surface area contributed by atoms with Gasteiger partial charge in [-0.25, -0.2) is 0 Å². The standard InChI is InChI=1S/C17H13ClF5/c1-3-11-5-4-10(2)8-13(11)14-9-12(6-7-15(14)18)16(19,20)17(21,22)23/h5-9H,3H2,1-2H3. The number of halogens is 6. The second-order valence-electron chi connectivity index (χ2n) is 5.18. The second kappa shape index (κ2) is 6.11. The number of alkyl halides is 5. The van der Waals surface area contributed by atoms with Crippen LogP contribution >= 0.6 is 11.6 Å². The highest BCUT2D eigenvalue weighted by Gasteiger charge is 2.58. The van der Waals surface area contributed by atoms with Gasteiger partial charge in [-0.05, 0) is 48.2 Å². The van der Waals surface area contributed by atoms with Crippen molar-refractivity contribution in [2.45, 2.75) is 32.4 Å². The van der Waals surface area contributed by atoms with Gasteiger partial charge in [0.1, 0.15) is 0 Å². The molecule has 0 N–H and O–H groups in total. The van der Waals surface area contributed by atoms with Gasteiger partial charge in [-0.1, -0.05) is 36.7 Å². The Bertz CT molecular complexity index is 719. The Morgan fingerprint density at radius 1 is 1.04 bits per heavy atom. The van der Waals surface area contributed by atoms with Crippen LogP contribution in [-0.2, 0) is 12.3 Å². The molecule has 0 fully saturated rings. The highest BCUT2D eigenvalue weighted by Crippen LogP contribution is 2.45. The molecule has 0 saturated heterocycles. The van der Waals surface area contributed by atoms with E-state index in [1.165, 1.54) is 0 Å². The molecule has 123 valence electrons. The van der Waals surface area contributed by atoms with E-state index in [0.717, 1.165) is 23.3 Å². The summed E-state index contributed by atoms with van der Waals surface area (Å²) in [5, 5.41) is 0.118. The lowest BCUT2D eigenvalue weighted by Crippen LogP contribution is -2.33. The Hall–Kier alpha value is -1.62. The van der Waals surface area contributed by atoms with E-state index in [-0.39, 0.29) is 10.6 Å². The third kappa shape index (κ3) is 3.34. The van der Waals surface area contributed by atoms with Gasteiger partial charge in [0.2, 0.25) is 0 Å². The van der Waals surface area contributed by atoms with Gasteiger partial charge in [0.05, 0.1) is 0 Å². The summed E-state index contributed by atoms with van der Waals surface area (Å²) in [6, 6.07) is 8.92. The van der Waals surface area contributed by atoms with Gasteiger partial charge in [0.25, 0.3) is 0 Å². The SMILES string of the molecule is CCc1c[c]c(C)cc1-c1cc(C(F)(F)C(F)(F)F)ccc1Cl. The average molecular weight is 348 g/mol. The van der Waals surface area contributed by atoms with Gasteiger partial charge in [-0.2, -0.15) is 22.0 Å². The molecule has 0 amide bonds. The van der Waals surface area contributed by atoms with Crippen LogP contribution in [0.2, 0.25) is 5.02 Å². The summed E-state index contributed by atoms with van der Waals surface area (Å²) in [4.78, 5) is 0. The quantitative estimate of drug-likeness (QED) is 0.569. The minimum atomic E-state index is -5.66. The highest BCUT2D eigenvalue weighted by atomic mass is 35.5. The molecule has 0 aliphatic rings. The number of hydrogen-bond donors (Lipinski definition) is 0. The zero-order chi connectivity index (χ0) is 17.4. The molecule has 6 heteroatoms. The first-order valence-electron chi connectivity index (χ1n) is 6.84. The molecule has 0 nitrogen and oxygen atoms in total. The third-order valence-electron chi connectivity index (χ3n) is 3.54. The number of rotatable bonds is 3. The first-order valence-corrected chi connectivity index (χ1v) is 7.22. The first kappa shape index (κ1) is 17.7. The summed E-state index contributed by atoms with van der Waals surface area (Å²) in [5.74, 6) is -4.94. The molecule has 0 aliphatic heterocycles. The number of hydrogen-bond acceptors (Lipinski definition) is 0. The van der Waals surface area contributed by atoms with Gasteiger partial charge in [0, 0.05) is 16.1 Å². The third-order valence-corrected chi connectivity index (χ3v) is 3.87. The zero-order valence-corrected chi connectivity index (χ0v) is 13.1. The minimum absolute atomic E-state index is 0.118. The molecular formula is C17H13ClF5. The molecular weight excluding hydrogens is 335 g/mol. The zero-order valence-electron chi connectivity index (χ0n) is 12.4. The van der Waals surface area contributed by atoms with Crippen LogP contribution in [0.25, 0.3) is 11.1 Å². The molecule has 0 bridgehead atoms. The second-order valence-corrected chi connectivity index (χ2v) is 5.58. The molecule has 2 aromatic carbocycles. The van der Waals surface area contributed by atoms with E-state index in [0.29, 0.717) is 18.1 Å². The van der Waals surface area contributed by atoms with Crippen LogP contribution < -0.4 is 0 Å². The maximum atomic E-state index is 13.6. The molecule has 0 unspecified atom stereocenters. The van der Waals surface area contributed by atoms with Crippen molar-refractivity contribution in [3.8, 4) is 11.1 Å². The van der Waals surface area contributed by atoms with Gasteiger partial charge in [-0.3, -0.25) is 0 Å². The number of aryl methyl sites for hydroxylation is 2. The topological polar surface area (TPSA) is 0 Å². The van der Waals surface area contributed by atoms with Crippen LogP contribution in [0.1, 0.15) is 23.6 Å². The Kier molecular flexibility index (Phi) is 4.71. The van der Waals surface area contributed by atoms with Gasteiger partial charge in [-0.15, -0.1) is 0 Å². The Balaban J connectivity index is 2.66. The predicted octanol–water partition coefficient (Wildman–Crippen LogP) is 6.33. The van der Waals surface area contributed by atoms with Crippen LogP contribution in [0.5, 0.6) is 0 Å². The predicted molar refractivity (Wildman–Crippen MR) is 79.8 cm³/mol. The van der Waals surface area contributed by atoms with E-state index < -0.39 is 17.7 Å². The molecule has 2 aromatic rings. The van der Waals surface area contributed by atoms with E-state index in [9.17, 15) is 22.0 Å². The van der Waals surface area contributed by atoms with E-state index in [1.54, 1.807) is 19.1 Å².